The van der Waals surface area contributed by atoms with Gasteiger partial charge in [0.05, 0.1) is 6.10 Å². The van der Waals surface area contributed by atoms with Crippen LogP contribution >= 0.6 is 12.4 Å². The Morgan fingerprint density at radius 3 is 2.85 bits per heavy atom. The molecule has 2 amide bonds. The largest absolute Gasteiger partial charge is 0.376 e. The number of ether oxygens (including phenoxy) is 1. The molecule has 7 heteroatoms. The van der Waals surface area contributed by atoms with Gasteiger partial charge in [0.1, 0.15) is 0 Å². The first-order chi connectivity index (χ1) is 12.7. The van der Waals surface area contributed by atoms with Crippen molar-refractivity contribution in [1.82, 2.24) is 16.0 Å². The van der Waals surface area contributed by atoms with Crippen LogP contribution in [0.15, 0.2) is 24.3 Å². The fourth-order valence-corrected chi connectivity index (χ4v) is 3.52. The lowest BCUT2D eigenvalue weighted by Gasteiger charge is -2.12. The number of amides is 2. The third-order valence-electron chi connectivity index (χ3n) is 5.14. The van der Waals surface area contributed by atoms with Crippen LogP contribution in [-0.4, -0.2) is 44.2 Å². The van der Waals surface area contributed by atoms with Crippen LogP contribution in [0.2, 0.25) is 0 Å². The van der Waals surface area contributed by atoms with Gasteiger partial charge in [-0.05, 0) is 62.4 Å². The molecule has 2 aliphatic rings. The summed E-state index contributed by atoms with van der Waals surface area (Å²) in [4.78, 5) is 24.3. The van der Waals surface area contributed by atoms with E-state index in [1.54, 1.807) is 6.07 Å². The fourth-order valence-electron chi connectivity index (χ4n) is 3.52. The summed E-state index contributed by atoms with van der Waals surface area (Å²) in [5.74, 6) is 0.601. The number of benzene rings is 1. The highest BCUT2D eigenvalue weighted by Gasteiger charge is 2.17. The molecule has 0 spiro atoms. The molecule has 2 aliphatic heterocycles. The van der Waals surface area contributed by atoms with Crippen molar-refractivity contribution < 1.29 is 14.3 Å². The predicted molar refractivity (Wildman–Crippen MR) is 107 cm³/mol. The molecule has 1 aromatic carbocycles. The van der Waals surface area contributed by atoms with Gasteiger partial charge in [0.15, 0.2) is 0 Å². The van der Waals surface area contributed by atoms with E-state index in [4.69, 9.17) is 4.74 Å². The molecule has 1 aromatic rings. The van der Waals surface area contributed by atoms with Gasteiger partial charge in [0, 0.05) is 31.7 Å². The average molecular weight is 396 g/mol. The van der Waals surface area contributed by atoms with Crippen molar-refractivity contribution >= 4 is 24.2 Å². The van der Waals surface area contributed by atoms with E-state index in [1.165, 1.54) is 0 Å². The highest BCUT2D eigenvalue weighted by molar-refractivity contribution is 5.94. The van der Waals surface area contributed by atoms with Gasteiger partial charge in [-0.3, -0.25) is 9.59 Å². The number of halogens is 1. The highest BCUT2D eigenvalue weighted by atomic mass is 35.5. The Morgan fingerprint density at radius 1 is 1.22 bits per heavy atom. The molecule has 2 saturated heterocycles. The smallest absolute Gasteiger partial charge is 0.251 e. The van der Waals surface area contributed by atoms with Gasteiger partial charge >= 0.3 is 0 Å². The molecule has 0 radical (unpaired) electrons. The van der Waals surface area contributed by atoms with Crippen LogP contribution < -0.4 is 16.0 Å². The zero-order valence-electron chi connectivity index (χ0n) is 15.7. The van der Waals surface area contributed by atoms with Crippen molar-refractivity contribution in [3.63, 3.8) is 0 Å². The molecule has 27 heavy (non-hydrogen) atoms. The lowest BCUT2D eigenvalue weighted by Crippen LogP contribution is -2.31. The van der Waals surface area contributed by atoms with Gasteiger partial charge in [-0.2, -0.15) is 0 Å². The predicted octanol–water partition coefficient (Wildman–Crippen LogP) is 2.02. The zero-order valence-corrected chi connectivity index (χ0v) is 16.5. The minimum absolute atomic E-state index is 0. The number of rotatable bonds is 8. The second-order valence-corrected chi connectivity index (χ2v) is 7.22. The van der Waals surface area contributed by atoms with Crippen LogP contribution in [0, 0.1) is 5.92 Å². The second kappa shape index (κ2) is 11.3. The molecule has 2 unspecified atom stereocenters. The van der Waals surface area contributed by atoms with E-state index < -0.39 is 0 Å². The molecule has 2 heterocycles. The molecule has 0 bridgehead atoms. The number of hydrogen-bond acceptors (Lipinski definition) is 4. The molecule has 150 valence electrons. The summed E-state index contributed by atoms with van der Waals surface area (Å²) >= 11 is 0. The SMILES string of the molecule is Cl.O=C(CCC1CCNC1)NCc1cccc(C(=O)NCC2CCCO2)c1. The average Bonchev–Trinajstić information content (AvgIpc) is 3.36. The molecule has 2 fully saturated rings. The number of nitrogens with one attached hydrogen (secondary N) is 3. The molecule has 3 rings (SSSR count). The quantitative estimate of drug-likeness (QED) is 0.629. The Kier molecular flexibility index (Phi) is 9.04. The van der Waals surface area contributed by atoms with Crippen molar-refractivity contribution in [1.29, 1.82) is 0 Å². The zero-order chi connectivity index (χ0) is 18.2. The Balaban J connectivity index is 0.00000261. The van der Waals surface area contributed by atoms with E-state index in [0.717, 1.165) is 50.9 Å². The summed E-state index contributed by atoms with van der Waals surface area (Å²) in [5.41, 5.74) is 1.55. The summed E-state index contributed by atoms with van der Waals surface area (Å²) in [5, 5.41) is 9.20. The van der Waals surface area contributed by atoms with Crippen molar-refractivity contribution in [2.75, 3.05) is 26.2 Å². The summed E-state index contributed by atoms with van der Waals surface area (Å²) in [7, 11) is 0. The van der Waals surface area contributed by atoms with Gasteiger partial charge in [-0.15, -0.1) is 12.4 Å². The standard InChI is InChI=1S/C20H29N3O3.ClH/c24-19(7-6-15-8-9-21-12-15)22-13-16-3-1-4-17(11-16)20(25)23-14-18-5-2-10-26-18;/h1,3-4,11,15,18,21H,2,5-10,12-14H2,(H,22,24)(H,23,25);1H. The molecule has 6 nitrogen and oxygen atoms in total. The van der Waals surface area contributed by atoms with E-state index in [-0.39, 0.29) is 30.3 Å². The van der Waals surface area contributed by atoms with Crippen LogP contribution in [0.25, 0.3) is 0 Å². The first-order valence-electron chi connectivity index (χ1n) is 9.67. The van der Waals surface area contributed by atoms with Gasteiger partial charge in [-0.1, -0.05) is 12.1 Å². The molecule has 2 atom stereocenters. The molecule has 3 N–H and O–H groups in total. The van der Waals surface area contributed by atoms with Crippen molar-refractivity contribution in [2.45, 2.75) is 44.8 Å². The van der Waals surface area contributed by atoms with E-state index >= 15 is 0 Å². The maximum atomic E-state index is 12.3. The van der Waals surface area contributed by atoms with Gasteiger partial charge in [-0.25, -0.2) is 0 Å². The van der Waals surface area contributed by atoms with Crippen LogP contribution in [-0.2, 0) is 16.1 Å². The summed E-state index contributed by atoms with van der Waals surface area (Å²) in [6, 6.07) is 7.42. The van der Waals surface area contributed by atoms with Crippen molar-refractivity contribution in [3.05, 3.63) is 35.4 Å². The summed E-state index contributed by atoms with van der Waals surface area (Å²) < 4.78 is 5.52. The minimum atomic E-state index is -0.0950. The van der Waals surface area contributed by atoms with E-state index in [1.807, 2.05) is 18.2 Å². The first kappa shape index (κ1) is 21.7. The van der Waals surface area contributed by atoms with Gasteiger partial charge < -0.3 is 20.7 Å². The molecule has 0 saturated carbocycles. The third kappa shape index (κ3) is 7.13. The second-order valence-electron chi connectivity index (χ2n) is 7.22. The first-order valence-corrected chi connectivity index (χ1v) is 9.67. The van der Waals surface area contributed by atoms with Gasteiger partial charge in [0.25, 0.3) is 5.91 Å². The van der Waals surface area contributed by atoms with Gasteiger partial charge in [0.2, 0.25) is 5.91 Å². The molecule has 0 aliphatic carbocycles. The summed E-state index contributed by atoms with van der Waals surface area (Å²) in [6.45, 7) is 3.88. The molecule has 0 aromatic heterocycles. The van der Waals surface area contributed by atoms with Crippen LogP contribution in [0.4, 0.5) is 0 Å². The lowest BCUT2D eigenvalue weighted by molar-refractivity contribution is -0.121. The van der Waals surface area contributed by atoms with E-state index in [2.05, 4.69) is 16.0 Å². The topological polar surface area (TPSA) is 79.5 Å². The monoisotopic (exact) mass is 395 g/mol. The maximum absolute atomic E-state index is 12.3. The number of hydrogen-bond donors (Lipinski definition) is 3. The third-order valence-corrected chi connectivity index (χ3v) is 5.14. The van der Waals surface area contributed by atoms with Crippen LogP contribution in [0.5, 0.6) is 0 Å². The maximum Gasteiger partial charge on any atom is 0.251 e. The van der Waals surface area contributed by atoms with Crippen LogP contribution in [0.3, 0.4) is 0 Å². The van der Waals surface area contributed by atoms with Crippen molar-refractivity contribution in [2.24, 2.45) is 5.92 Å². The van der Waals surface area contributed by atoms with Crippen LogP contribution in [0.1, 0.15) is 48.0 Å². The normalized spacial score (nSPS) is 21.5. The lowest BCUT2D eigenvalue weighted by atomic mass is 10.0. The number of carbonyl (C=O) groups is 2. The van der Waals surface area contributed by atoms with E-state index in [0.29, 0.717) is 31.0 Å². The molecular weight excluding hydrogens is 366 g/mol. The number of carbonyl (C=O) groups excluding carboxylic acids is 2. The Bertz CT molecular complexity index is 614. The molecular formula is C20H30ClN3O3. The minimum Gasteiger partial charge on any atom is -0.376 e. The summed E-state index contributed by atoms with van der Waals surface area (Å²) in [6.07, 6.45) is 4.86. The Labute approximate surface area is 167 Å². The highest BCUT2D eigenvalue weighted by Crippen LogP contribution is 2.14. The fraction of sp³-hybridized carbons (Fsp3) is 0.600. The van der Waals surface area contributed by atoms with E-state index in [9.17, 15) is 9.59 Å². The Hall–Kier alpha value is -1.63. The Morgan fingerprint density at radius 2 is 2.11 bits per heavy atom. The van der Waals surface area contributed by atoms with Crippen molar-refractivity contribution in [3.8, 4) is 0 Å².